The summed E-state index contributed by atoms with van der Waals surface area (Å²) in [4.78, 5) is 25.0. The van der Waals surface area contributed by atoms with Crippen LogP contribution in [0.25, 0.3) is 5.32 Å². The molecule has 0 heterocycles. The Morgan fingerprint density at radius 2 is 1.21 bits per heavy atom. The van der Waals surface area contributed by atoms with Gasteiger partial charge < -0.3 is 55.9 Å². The van der Waals surface area contributed by atoms with Crippen molar-refractivity contribution in [3.8, 4) is 0 Å². The standard InChI is InChI=1S/C17H34N2O13S.Re/c1-18-17(29)13(33(30,31)32)6-14(26)19(7-11(24)15(27)9(22)2-4-20)8-12(25)16(28)10(23)3-5-21;/h9-13,15-16,20-25,27-28H,2-8H2,1H3,(H2,18,29,30,31,32);/p-1. The molecule has 34 heavy (non-hydrogen) atoms. The Hall–Kier alpha value is -0.808. The van der Waals surface area contributed by atoms with Crippen LogP contribution in [0.3, 0.4) is 0 Å². The SMILES string of the molecule is C[N-]C(=O)C(CC(=O)N(CC(O)C(O)C(O)CCO)CC(O)C(O)C(O)CCO)S(=O)(=O)O.[Re]. The molecule has 0 bridgehead atoms. The molecule has 9 N–H and O–H groups in total. The summed E-state index contributed by atoms with van der Waals surface area (Å²) in [5.74, 6) is -2.59. The van der Waals surface area contributed by atoms with Gasteiger partial charge in [-0.2, -0.15) is 8.42 Å². The Morgan fingerprint density at radius 1 is 0.824 bits per heavy atom. The van der Waals surface area contributed by atoms with Crippen LogP contribution in [0.4, 0.5) is 0 Å². The Morgan fingerprint density at radius 3 is 1.50 bits per heavy atom. The Balaban J connectivity index is 0. The first kappa shape index (κ1) is 35.4. The van der Waals surface area contributed by atoms with Crippen LogP contribution in [0.15, 0.2) is 0 Å². The smallest absolute Gasteiger partial charge is 0.273 e. The fourth-order valence-electron chi connectivity index (χ4n) is 2.82. The quantitative estimate of drug-likeness (QED) is 0.0687. The van der Waals surface area contributed by atoms with Crippen molar-refractivity contribution in [2.75, 3.05) is 33.4 Å². The Labute approximate surface area is 210 Å². The molecular formula is C17H33N2O13ReS-. The average Bonchev–Trinajstić information content (AvgIpc) is 2.74. The maximum Gasteiger partial charge on any atom is 0.273 e. The summed E-state index contributed by atoms with van der Waals surface area (Å²) in [5.41, 5.74) is 0. The van der Waals surface area contributed by atoms with Crippen LogP contribution in [0.5, 0.6) is 0 Å². The van der Waals surface area contributed by atoms with Crippen molar-refractivity contribution in [2.45, 2.75) is 61.1 Å². The molecule has 0 spiro atoms. The van der Waals surface area contributed by atoms with Gasteiger partial charge in [-0.25, -0.2) is 0 Å². The first-order valence-corrected chi connectivity index (χ1v) is 11.4. The summed E-state index contributed by atoms with van der Waals surface area (Å²) in [6.45, 7) is -2.78. The predicted molar refractivity (Wildman–Crippen MR) is 110 cm³/mol. The zero-order valence-corrected chi connectivity index (χ0v) is 21.9. The molecule has 17 heteroatoms. The van der Waals surface area contributed by atoms with Gasteiger partial charge in [0.15, 0.2) is 0 Å². The minimum Gasteiger partial charge on any atom is -0.655 e. The number of carbonyl (C=O) groups is 2. The minimum atomic E-state index is -5.09. The molecule has 15 nitrogen and oxygen atoms in total. The van der Waals surface area contributed by atoms with E-state index in [-0.39, 0.29) is 33.3 Å². The molecule has 7 unspecified atom stereocenters. The van der Waals surface area contributed by atoms with E-state index in [2.05, 4.69) is 5.32 Å². The van der Waals surface area contributed by atoms with Gasteiger partial charge >= 0.3 is 0 Å². The third-order valence-electron chi connectivity index (χ3n) is 4.81. The van der Waals surface area contributed by atoms with Gasteiger partial charge in [-0.3, -0.25) is 9.35 Å². The number of hydrogen-bond acceptors (Lipinski definition) is 12. The van der Waals surface area contributed by atoms with Gasteiger partial charge in [0, 0.05) is 46.7 Å². The van der Waals surface area contributed by atoms with Crippen molar-refractivity contribution in [3.63, 3.8) is 0 Å². The second kappa shape index (κ2) is 16.8. The molecule has 0 aliphatic heterocycles. The number of hydrogen-bond donors (Lipinski definition) is 9. The van der Waals surface area contributed by atoms with E-state index in [0.717, 1.165) is 7.05 Å². The van der Waals surface area contributed by atoms with Crippen LogP contribution in [0, 0.1) is 0 Å². The van der Waals surface area contributed by atoms with Crippen LogP contribution >= 0.6 is 0 Å². The van der Waals surface area contributed by atoms with E-state index >= 15 is 0 Å². The van der Waals surface area contributed by atoms with E-state index in [1.165, 1.54) is 0 Å². The number of carbonyl (C=O) groups excluding carboxylic acids is 2. The molecule has 0 aromatic carbocycles. The molecular weight excluding hydrogens is 658 g/mol. The number of nitrogens with zero attached hydrogens (tertiary/aromatic N) is 2. The van der Waals surface area contributed by atoms with Crippen molar-refractivity contribution in [3.05, 3.63) is 5.32 Å². The topological polar surface area (TPSA) is 268 Å². The van der Waals surface area contributed by atoms with Crippen LogP contribution in [-0.4, -0.2) is 146 Å². The monoisotopic (exact) mass is 692 g/mol. The van der Waals surface area contributed by atoms with Crippen LogP contribution in [0.1, 0.15) is 19.3 Å². The first-order valence-electron chi connectivity index (χ1n) is 9.89. The van der Waals surface area contributed by atoms with Gasteiger partial charge in [-0.1, -0.05) is 0 Å². The normalized spacial score (nSPS) is 17.9. The van der Waals surface area contributed by atoms with Crippen LogP contribution < -0.4 is 0 Å². The van der Waals surface area contributed by atoms with E-state index in [9.17, 15) is 53.2 Å². The summed E-state index contributed by atoms with van der Waals surface area (Å²) >= 11 is 0. The van der Waals surface area contributed by atoms with E-state index in [1.54, 1.807) is 0 Å². The number of aliphatic hydroxyl groups is 8. The molecule has 203 valence electrons. The van der Waals surface area contributed by atoms with Gasteiger partial charge in [0.1, 0.15) is 17.5 Å². The molecule has 0 saturated heterocycles. The molecule has 0 rings (SSSR count). The zero-order valence-electron chi connectivity index (χ0n) is 18.3. The molecule has 0 aliphatic carbocycles. The van der Waals surface area contributed by atoms with Crippen molar-refractivity contribution in [1.82, 2.24) is 4.90 Å². The van der Waals surface area contributed by atoms with Gasteiger partial charge in [0.25, 0.3) is 10.1 Å². The van der Waals surface area contributed by atoms with E-state index in [1.807, 2.05) is 0 Å². The number of rotatable bonds is 16. The minimum absolute atomic E-state index is 0. The summed E-state index contributed by atoms with van der Waals surface area (Å²) in [6.07, 6.45) is -12.6. The van der Waals surface area contributed by atoms with Crippen molar-refractivity contribution >= 4 is 21.9 Å². The summed E-state index contributed by atoms with van der Waals surface area (Å²) < 4.78 is 32.2. The maximum absolute atomic E-state index is 12.7. The predicted octanol–water partition coefficient (Wildman–Crippen LogP) is -5.08. The molecule has 0 aliphatic rings. The van der Waals surface area contributed by atoms with E-state index < -0.39 is 96.5 Å². The molecule has 0 aromatic rings. The number of aliphatic hydroxyl groups excluding tert-OH is 8. The fourth-order valence-corrected chi connectivity index (χ4v) is 3.53. The zero-order chi connectivity index (χ0) is 25.9. The van der Waals surface area contributed by atoms with Gasteiger partial charge in [-0.15, -0.1) is 7.05 Å². The molecule has 2 amide bonds. The third-order valence-corrected chi connectivity index (χ3v) is 5.90. The van der Waals surface area contributed by atoms with Gasteiger partial charge in [0.2, 0.25) is 5.91 Å². The van der Waals surface area contributed by atoms with Crippen molar-refractivity contribution in [2.24, 2.45) is 0 Å². The largest absolute Gasteiger partial charge is 0.655 e. The second-order valence-electron chi connectivity index (χ2n) is 7.34. The third kappa shape index (κ3) is 11.8. The Bertz CT molecular complexity index is 688. The maximum atomic E-state index is 12.7. The average molecular weight is 692 g/mol. The van der Waals surface area contributed by atoms with Crippen molar-refractivity contribution < 1.29 is 83.8 Å². The van der Waals surface area contributed by atoms with Crippen LogP contribution in [0.2, 0.25) is 0 Å². The van der Waals surface area contributed by atoms with E-state index in [4.69, 9.17) is 10.2 Å². The summed E-state index contributed by atoms with van der Waals surface area (Å²) in [5, 5.41) is 78.1. The van der Waals surface area contributed by atoms with E-state index in [0.29, 0.717) is 4.90 Å². The van der Waals surface area contributed by atoms with Crippen molar-refractivity contribution in [1.29, 1.82) is 0 Å². The molecule has 1 radical (unpaired) electrons. The number of amides is 2. The summed E-state index contributed by atoms with van der Waals surface area (Å²) in [6, 6.07) is 0. The van der Waals surface area contributed by atoms with Crippen LogP contribution in [-0.2, 0) is 40.1 Å². The van der Waals surface area contributed by atoms with Gasteiger partial charge in [-0.05, 0) is 12.8 Å². The molecule has 0 aromatic heterocycles. The molecule has 0 saturated carbocycles. The molecule has 7 atom stereocenters. The summed E-state index contributed by atoms with van der Waals surface area (Å²) in [7, 11) is -4.16. The van der Waals surface area contributed by atoms with Gasteiger partial charge in [0.05, 0.1) is 36.7 Å². The molecule has 0 fully saturated rings. The second-order valence-corrected chi connectivity index (χ2v) is 8.94. The Kier molecular flexibility index (Phi) is 17.5. The first-order chi connectivity index (χ1) is 15.2. The fraction of sp³-hybridized carbons (Fsp3) is 0.882.